The van der Waals surface area contributed by atoms with E-state index in [9.17, 15) is 0 Å². The third-order valence-corrected chi connectivity index (χ3v) is 15.2. The lowest BCUT2D eigenvalue weighted by atomic mass is 9.70. The molecule has 13 aromatic rings. The van der Waals surface area contributed by atoms with Crippen LogP contribution in [-0.2, 0) is 5.41 Å². The van der Waals surface area contributed by atoms with E-state index in [0.29, 0.717) is 0 Å². The van der Waals surface area contributed by atoms with Crippen molar-refractivity contribution in [1.29, 1.82) is 0 Å². The second kappa shape index (κ2) is 14.5. The average Bonchev–Trinajstić information content (AvgIpc) is 4.05. The zero-order chi connectivity index (χ0) is 45.2. The van der Waals surface area contributed by atoms with E-state index < -0.39 is 5.41 Å². The molecule has 0 unspecified atom stereocenters. The summed E-state index contributed by atoms with van der Waals surface area (Å²) in [5, 5.41) is 9.62. The van der Waals surface area contributed by atoms with Gasteiger partial charge in [-0.2, -0.15) is 0 Å². The molecule has 69 heavy (non-hydrogen) atoms. The van der Waals surface area contributed by atoms with Crippen LogP contribution in [0.15, 0.2) is 253 Å². The average molecular weight is 876 g/mol. The first-order chi connectivity index (χ1) is 34.2. The van der Waals surface area contributed by atoms with Crippen LogP contribution in [-0.4, -0.2) is 0 Å². The Hall–Kier alpha value is -8.98. The Labute approximate surface area is 399 Å². The molecular weight excluding hydrogens is 835 g/mol. The van der Waals surface area contributed by atoms with Gasteiger partial charge in [-0.05, 0) is 125 Å². The van der Waals surface area contributed by atoms with Gasteiger partial charge in [0.1, 0.15) is 11.2 Å². The number of benzene rings is 12. The minimum Gasteiger partial charge on any atom is -0.455 e. The van der Waals surface area contributed by atoms with E-state index in [2.05, 4.69) is 254 Å². The number of furan rings is 1. The maximum Gasteiger partial charge on any atom is 0.143 e. The van der Waals surface area contributed by atoms with Gasteiger partial charge in [-0.1, -0.05) is 206 Å². The minimum atomic E-state index is -0.481. The van der Waals surface area contributed by atoms with Gasteiger partial charge < -0.3 is 9.32 Å². The molecule has 2 aliphatic carbocycles. The fourth-order valence-electron chi connectivity index (χ4n) is 12.4. The fourth-order valence-corrected chi connectivity index (χ4v) is 12.4. The third-order valence-electron chi connectivity index (χ3n) is 15.2. The van der Waals surface area contributed by atoms with Crippen LogP contribution in [0.1, 0.15) is 22.3 Å². The molecule has 0 bridgehead atoms. The molecule has 2 nitrogen and oxygen atoms in total. The maximum absolute atomic E-state index is 6.95. The number of hydrogen-bond donors (Lipinski definition) is 0. The summed E-state index contributed by atoms with van der Waals surface area (Å²) in [6.45, 7) is 0. The maximum atomic E-state index is 6.95. The summed E-state index contributed by atoms with van der Waals surface area (Å²) in [5.74, 6) is 0. The van der Waals surface area contributed by atoms with E-state index in [1.54, 1.807) is 0 Å². The number of nitrogens with zero attached hydrogens (tertiary/aromatic N) is 1. The lowest BCUT2D eigenvalue weighted by Gasteiger charge is -2.32. The van der Waals surface area contributed by atoms with Crippen molar-refractivity contribution in [3.8, 4) is 44.5 Å². The molecule has 0 saturated carbocycles. The van der Waals surface area contributed by atoms with Crippen LogP contribution in [0.25, 0.3) is 98.8 Å². The third kappa shape index (κ3) is 5.31. The molecule has 0 N–H and O–H groups in total. The number of rotatable bonds is 5. The first-order valence-corrected chi connectivity index (χ1v) is 23.9. The standard InChI is InChI=1S/C67H41NO/c1-2-18-44-41-64-57(39-43(44)17-1)54-28-15-27-53(66(54)69-64)52-25-10-14-33-62(52)68(46-37-35-42(36-38-46)56-40-45-19-3-4-20-47(45)48-21-5-6-22-49(48)56)63-34-16-32-61-65(63)55-26-9-13-31-60(55)67(61)58-29-11-7-23-50(58)51-24-8-12-30-59(51)67/h1-41H. The normalized spacial score (nSPS) is 13.0. The Kier molecular flexibility index (Phi) is 8.02. The van der Waals surface area contributed by atoms with E-state index in [0.717, 1.165) is 50.1 Å². The molecule has 0 atom stereocenters. The van der Waals surface area contributed by atoms with Crippen LogP contribution < -0.4 is 4.90 Å². The van der Waals surface area contributed by atoms with Crippen molar-refractivity contribution < 1.29 is 4.42 Å². The van der Waals surface area contributed by atoms with Gasteiger partial charge in [0.05, 0.1) is 16.8 Å². The van der Waals surface area contributed by atoms with Crippen molar-refractivity contribution in [2.24, 2.45) is 0 Å². The molecule has 0 aliphatic heterocycles. The SMILES string of the molecule is c1ccc(N(c2ccc(-c3cc4ccccc4c4ccccc34)cc2)c2cccc3c2-c2ccccc2C32c3ccccc3-c3ccccc32)c(-c2cccc3c2oc2cc4ccccc4cc23)c1. The Morgan fingerprint density at radius 2 is 0.826 bits per heavy atom. The summed E-state index contributed by atoms with van der Waals surface area (Å²) < 4.78 is 6.95. The van der Waals surface area contributed by atoms with Gasteiger partial charge in [0.15, 0.2) is 0 Å². The topological polar surface area (TPSA) is 16.4 Å². The van der Waals surface area contributed by atoms with Crippen LogP contribution in [0.3, 0.4) is 0 Å². The predicted octanol–water partition coefficient (Wildman–Crippen LogP) is 18.2. The minimum absolute atomic E-state index is 0.481. The molecular formula is C67H41NO. The molecule has 12 aromatic carbocycles. The number of fused-ring (bicyclic) bond motifs is 17. The van der Waals surface area contributed by atoms with Crippen molar-refractivity contribution in [3.05, 3.63) is 271 Å². The van der Waals surface area contributed by atoms with E-state index in [-0.39, 0.29) is 0 Å². The highest BCUT2D eigenvalue weighted by Crippen LogP contribution is 2.65. The number of hydrogen-bond acceptors (Lipinski definition) is 2. The van der Waals surface area contributed by atoms with Gasteiger partial charge in [-0.3, -0.25) is 0 Å². The second-order valence-corrected chi connectivity index (χ2v) is 18.7. The molecule has 0 amide bonds. The lowest BCUT2D eigenvalue weighted by molar-refractivity contribution is 0.670. The van der Waals surface area contributed by atoms with Gasteiger partial charge in [0.25, 0.3) is 0 Å². The summed E-state index contributed by atoms with van der Waals surface area (Å²) in [4.78, 5) is 2.51. The van der Waals surface area contributed by atoms with E-state index >= 15 is 0 Å². The van der Waals surface area contributed by atoms with Crippen LogP contribution in [0, 0.1) is 0 Å². The second-order valence-electron chi connectivity index (χ2n) is 18.7. The van der Waals surface area contributed by atoms with Crippen molar-refractivity contribution >= 4 is 71.3 Å². The quantitative estimate of drug-likeness (QED) is 0.160. The highest BCUT2D eigenvalue weighted by molar-refractivity contribution is 6.16. The number of anilines is 3. The smallest absolute Gasteiger partial charge is 0.143 e. The van der Waals surface area contributed by atoms with Crippen molar-refractivity contribution in [2.45, 2.75) is 5.41 Å². The lowest BCUT2D eigenvalue weighted by Crippen LogP contribution is -2.26. The van der Waals surface area contributed by atoms with Gasteiger partial charge >= 0.3 is 0 Å². The van der Waals surface area contributed by atoms with E-state index in [1.165, 1.54) is 88.0 Å². The Morgan fingerprint density at radius 1 is 0.304 bits per heavy atom. The van der Waals surface area contributed by atoms with Crippen LogP contribution >= 0.6 is 0 Å². The van der Waals surface area contributed by atoms with Gasteiger partial charge in [-0.15, -0.1) is 0 Å². The van der Waals surface area contributed by atoms with Crippen LogP contribution in [0.5, 0.6) is 0 Å². The van der Waals surface area contributed by atoms with Gasteiger partial charge in [0, 0.05) is 33.2 Å². The van der Waals surface area contributed by atoms with Crippen LogP contribution in [0.4, 0.5) is 17.1 Å². The summed E-state index contributed by atoms with van der Waals surface area (Å²) in [6, 6.07) is 91.9. The predicted molar refractivity (Wildman–Crippen MR) is 288 cm³/mol. The summed E-state index contributed by atoms with van der Waals surface area (Å²) in [5.41, 5.74) is 19.5. The molecule has 1 spiro atoms. The first-order valence-electron chi connectivity index (χ1n) is 23.9. The largest absolute Gasteiger partial charge is 0.455 e. The van der Waals surface area contributed by atoms with Crippen molar-refractivity contribution in [1.82, 2.24) is 0 Å². The Bertz CT molecular complexity index is 4220. The molecule has 2 aliphatic rings. The Balaban J connectivity index is 0.995. The van der Waals surface area contributed by atoms with E-state index in [4.69, 9.17) is 4.42 Å². The molecule has 1 aromatic heterocycles. The summed E-state index contributed by atoms with van der Waals surface area (Å²) >= 11 is 0. The monoisotopic (exact) mass is 875 g/mol. The van der Waals surface area contributed by atoms with Gasteiger partial charge in [-0.25, -0.2) is 0 Å². The molecule has 15 rings (SSSR count). The number of para-hydroxylation sites is 2. The zero-order valence-electron chi connectivity index (χ0n) is 37.5. The molecule has 1 heterocycles. The zero-order valence-corrected chi connectivity index (χ0v) is 37.5. The molecule has 0 saturated heterocycles. The molecule has 320 valence electrons. The highest BCUT2D eigenvalue weighted by Gasteiger charge is 2.52. The Morgan fingerprint density at radius 3 is 1.58 bits per heavy atom. The first kappa shape index (κ1) is 38.2. The van der Waals surface area contributed by atoms with Crippen LogP contribution in [0.2, 0.25) is 0 Å². The fraction of sp³-hybridized carbons (Fsp3) is 0.0149. The van der Waals surface area contributed by atoms with Crippen molar-refractivity contribution in [3.63, 3.8) is 0 Å². The summed E-state index contributed by atoms with van der Waals surface area (Å²) in [6.07, 6.45) is 0. The molecule has 2 heteroatoms. The molecule has 0 fully saturated rings. The highest BCUT2D eigenvalue weighted by atomic mass is 16.3. The molecule has 0 radical (unpaired) electrons. The van der Waals surface area contributed by atoms with Gasteiger partial charge in [0.2, 0.25) is 0 Å². The van der Waals surface area contributed by atoms with E-state index in [1.807, 2.05) is 0 Å². The summed E-state index contributed by atoms with van der Waals surface area (Å²) in [7, 11) is 0. The van der Waals surface area contributed by atoms with Crippen molar-refractivity contribution in [2.75, 3.05) is 4.90 Å².